The fraction of sp³-hybridized carbons (Fsp3) is 0.304. The van der Waals surface area contributed by atoms with Crippen molar-refractivity contribution in [3.63, 3.8) is 0 Å². The molecular formula is C23H26N4O3. The zero-order valence-electron chi connectivity index (χ0n) is 17.4. The molecule has 4 rings (SSSR count). The number of Topliss-reactive ketones (excluding diaryl/α,β-unsaturated/α-hetero) is 1. The Morgan fingerprint density at radius 1 is 1.13 bits per heavy atom. The van der Waals surface area contributed by atoms with Gasteiger partial charge < -0.3 is 25.3 Å². The minimum atomic E-state index is -0.211. The molecular weight excluding hydrogens is 380 g/mol. The summed E-state index contributed by atoms with van der Waals surface area (Å²) in [6.07, 6.45) is 4.48. The average Bonchev–Trinajstić information content (AvgIpc) is 3.30. The number of benzene rings is 1. The number of aromatic nitrogens is 2. The Balaban J connectivity index is 1.82. The summed E-state index contributed by atoms with van der Waals surface area (Å²) < 4.78 is 0. The highest BCUT2D eigenvalue weighted by Crippen LogP contribution is 2.37. The van der Waals surface area contributed by atoms with E-state index in [-0.39, 0.29) is 17.3 Å². The maximum absolute atomic E-state index is 13.3. The molecule has 3 aromatic rings. The van der Waals surface area contributed by atoms with Gasteiger partial charge in [0, 0.05) is 23.6 Å². The van der Waals surface area contributed by atoms with Crippen molar-refractivity contribution in [1.29, 1.82) is 0 Å². The first-order valence-corrected chi connectivity index (χ1v) is 10.1. The van der Waals surface area contributed by atoms with Crippen molar-refractivity contribution in [1.82, 2.24) is 20.2 Å². The Morgan fingerprint density at radius 2 is 1.93 bits per heavy atom. The zero-order chi connectivity index (χ0) is 21.4. The molecule has 1 aliphatic rings. The molecule has 0 fully saturated rings. The lowest BCUT2D eigenvalue weighted by molar-refractivity contribution is 0.0999. The molecule has 7 heteroatoms. The molecule has 0 spiro atoms. The number of hydrogen-bond donors (Lipinski definition) is 4. The molecule has 156 valence electrons. The summed E-state index contributed by atoms with van der Waals surface area (Å²) in [7, 11) is 5.80. The summed E-state index contributed by atoms with van der Waals surface area (Å²) in [6, 6.07) is 5.26. The molecule has 0 unspecified atom stereocenters. The molecule has 0 aliphatic heterocycles. The summed E-state index contributed by atoms with van der Waals surface area (Å²) in [5.41, 5.74) is 4.16. The number of rotatable bonds is 7. The molecule has 2 heterocycles. The Hall–Kier alpha value is -3.16. The highest BCUT2D eigenvalue weighted by molar-refractivity contribution is 6.38. The van der Waals surface area contributed by atoms with E-state index in [1.807, 2.05) is 32.1 Å². The third-order valence-corrected chi connectivity index (χ3v) is 5.58. The number of aromatic hydroxyl groups is 1. The van der Waals surface area contributed by atoms with Gasteiger partial charge in [0.05, 0.1) is 22.5 Å². The largest absolute Gasteiger partial charge is 0.507 e. The van der Waals surface area contributed by atoms with E-state index in [0.717, 1.165) is 29.7 Å². The first-order chi connectivity index (χ1) is 14.4. The maximum atomic E-state index is 13.3. The highest BCUT2D eigenvalue weighted by Gasteiger charge is 2.32. The number of fused-ring (bicyclic) bond motifs is 2. The topological polar surface area (TPSA) is 101 Å². The van der Waals surface area contributed by atoms with Gasteiger partial charge in [0.1, 0.15) is 5.75 Å². The number of likely N-dealkylation sites (N-methyl/N-ethyl adjacent to an activating group) is 2. The van der Waals surface area contributed by atoms with Gasteiger partial charge in [-0.1, -0.05) is 6.07 Å². The third kappa shape index (κ3) is 3.36. The van der Waals surface area contributed by atoms with Crippen LogP contribution in [0.3, 0.4) is 0 Å². The SMILES string of the molecule is CNCCc1c[nH]c2c1C(=O)C=C(c1[nH]c3cccc(O)c3c1CCN(C)C)C2=O. The quantitative estimate of drug-likeness (QED) is 0.483. The number of ketones is 2. The van der Waals surface area contributed by atoms with Crippen molar-refractivity contribution >= 4 is 28.0 Å². The first kappa shape index (κ1) is 20.1. The van der Waals surface area contributed by atoms with Crippen LogP contribution in [0.4, 0.5) is 0 Å². The number of nitrogens with zero attached hydrogens (tertiary/aromatic N) is 1. The van der Waals surface area contributed by atoms with Gasteiger partial charge in [-0.25, -0.2) is 0 Å². The molecule has 0 atom stereocenters. The number of H-pyrrole nitrogens is 2. The van der Waals surface area contributed by atoms with Gasteiger partial charge in [-0.15, -0.1) is 0 Å². The molecule has 0 saturated carbocycles. The number of carbonyl (C=O) groups excluding carboxylic acids is 2. The van der Waals surface area contributed by atoms with Gasteiger partial charge in [0.25, 0.3) is 0 Å². The summed E-state index contributed by atoms with van der Waals surface area (Å²) >= 11 is 0. The molecule has 30 heavy (non-hydrogen) atoms. The fourth-order valence-corrected chi connectivity index (χ4v) is 4.08. The van der Waals surface area contributed by atoms with Gasteiger partial charge in [0.2, 0.25) is 5.78 Å². The van der Waals surface area contributed by atoms with Crippen LogP contribution in [0.1, 0.15) is 37.7 Å². The zero-order valence-corrected chi connectivity index (χ0v) is 17.4. The molecule has 0 amide bonds. The molecule has 7 nitrogen and oxygen atoms in total. The Labute approximate surface area is 174 Å². The van der Waals surface area contributed by atoms with Crippen LogP contribution < -0.4 is 5.32 Å². The number of phenols is 1. The predicted octanol–water partition coefficient (Wildman–Crippen LogP) is 2.53. The predicted molar refractivity (Wildman–Crippen MR) is 117 cm³/mol. The standard InChI is InChI=1S/C23H26N4O3/c1-24-9-7-13-12-25-22-19(13)18(29)11-15(23(22)30)21-14(8-10-27(2)3)20-16(26-21)5-4-6-17(20)28/h4-6,11-12,24-26,28H,7-10H2,1-3H3. The van der Waals surface area contributed by atoms with E-state index < -0.39 is 0 Å². The van der Waals surface area contributed by atoms with Crippen LogP contribution in [0.25, 0.3) is 16.5 Å². The molecule has 4 N–H and O–H groups in total. The second-order valence-electron chi connectivity index (χ2n) is 7.90. The van der Waals surface area contributed by atoms with Crippen LogP contribution >= 0.6 is 0 Å². The monoisotopic (exact) mass is 406 g/mol. The van der Waals surface area contributed by atoms with E-state index in [1.165, 1.54) is 6.08 Å². The third-order valence-electron chi connectivity index (χ3n) is 5.58. The summed E-state index contributed by atoms with van der Waals surface area (Å²) in [5, 5.41) is 14.2. The minimum Gasteiger partial charge on any atom is -0.507 e. The van der Waals surface area contributed by atoms with Crippen molar-refractivity contribution in [2.45, 2.75) is 12.8 Å². The van der Waals surface area contributed by atoms with Crippen LogP contribution in [0.2, 0.25) is 0 Å². The normalized spacial score (nSPS) is 13.9. The first-order valence-electron chi connectivity index (χ1n) is 10.1. The van der Waals surface area contributed by atoms with Crippen LogP contribution in [0.5, 0.6) is 5.75 Å². The van der Waals surface area contributed by atoms with E-state index in [1.54, 1.807) is 18.3 Å². The molecule has 0 radical (unpaired) electrons. The highest BCUT2D eigenvalue weighted by atomic mass is 16.3. The van der Waals surface area contributed by atoms with Crippen molar-refractivity contribution in [3.05, 3.63) is 58.6 Å². The van der Waals surface area contributed by atoms with Crippen LogP contribution in [-0.2, 0) is 12.8 Å². The molecule has 0 saturated heterocycles. The molecule has 0 bridgehead atoms. The smallest absolute Gasteiger partial charge is 0.212 e. The second kappa shape index (κ2) is 7.93. The number of nitrogens with one attached hydrogen (secondary N) is 3. The Kier molecular flexibility index (Phi) is 5.32. The van der Waals surface area contributed by atoms with Crippen molar-refractivity contribution in [2.75, 3.05) is 34.2 Å². The van der Waals surface area contributed by atoms with Crippen LogP contribution in [-0.4, -0.2) is 65.8 Å². The summed E-state index contributed by atoms with van der Waals surface area (Å²) in [5.74, 6) is -0.222. The van der Waals surface area contributed by atoms with Crippen LogP contribution in [0, 0.1) is 0 Å². The molecule has 1 aromatic carbocycles. The number of phenolic OH excluding ortho intramolecular Hbond substituents is 1. The van der Waals surface area contributed by atoms with E-state index in [2.05, 4.69) is 15.3 Å². The summed E-state index contributed by atoms with van der Waals surface area (Å²) in [4.78, 5) is 34.7. The van der Waals surface area contributed by atoms with Gasteiger partial charge in [0.15, 0.2) is 5.78 Å². The summed E-state index contributed by atoms with van der Waals surface area (Å²) in [6.45, 7) is 1.46. The minimum absolute atomic E-state index is 0.161. The van der Waals surface area contributed by atoms with E-state index in [9.17, 15) is 14.7 Å². The lowest BCUT2D eigenvalue weighted by atomic mass is 9.88. The average molecular weight is 406 g/mol. The van der Waals surface area contributed by atoms with Gasteiger partial charge in [-0.3, -0.25) is 9.59 Å². The molecule has 2 aromatic heterocycles. The van der Waals surface area contributed by atoms with E-state index >= 15 is 0 Å². The Morgan fingerprint density at radius 3 is 2.67 bits per heavy atom. The fourth-order valence-electron chi connectivity index (χ4n) is 4.08. The van der Waals surface area contributed by atoms with E-state index in [0.29, 0.717) is 40.8 Å². The van der Waals surface area contributed by atoms with Crippen molar-refractivity contribution < 1.29 is 14.7 Å². The van der Waals surface area contributed by atoms with Gasteiger partial charge in [-0.2, -0.15) is 0 Å². The van der Waals surface area contributed by atoms with Gasteiger partial charge >= 0.3 is 0 Å². The van der Waals surface area contributed by atoms with Crippen molar-refractivity contribution in [3.8, 4) is 5.75 Å². The lowest BCUT2D eigenvalue weighted by Gasteiger charge is -2.15. The van der Waals surface area contributed by atoms with Crippen LogP contribution in [0.15, 0.2) is 30.5 Å². The van der Waals surface area contributed by atoms with Gasteiger partial charge in [-0.05, 0) is 69.9 Å². The van der Waals surface area contributed by atoms with E-state index in [4.69, 9.17) is 0 Å². The number of carbonyl (C=O) groups is 2. The lowest BCUT2D eigenvalue weighted by Crippen LogP contribution is -2.19. The second-order valence-corrected chi connectivity index (χ2v) is 7.90. The van der Waals surface area contributed by atoms with Crippen molar-refractivity contribution in [2.24, 2.45) is 0 Å². The number of allylic oxidation sites excluding steroid dienone is 2. The number of aromatic amines is 2. The number of hydrogen-bond acceptors (Lipinski definition) is 5. The molecule has 1 aliphatic carbocycles. The Bertz CT molecular complexity index is 1170. The maximum Gasteiger partial charge on any atom is 0.212 e.